The van der Waals surface area contributed by atoms with Gasteiger partial charge in [0.1, 0.15) is 5.75 Å². The molecule has 1 aromatic carbocycles. The van der Waals surface area contributed by atoms with E-state index in [4.69, 9.17) is 4.74 Å². The largest absolute Gasteiger partial charge is 0.494 e. The molecule has 98 valence electrons. The zero-order chi connectivity index (χ0) is 13.1. The lowest BCUT2D eigenvalue weighted by Crippen LogP contribution is -2.37. The number of piperidine rings is 1. The fourth-order valence-electron chi connectivity index (χ4n) is 2.47. The van der Waals surface area contributed by atoms with Crippen LogP contribution in [0.25, 0.3) is 0 Å². The molecule has 1 fully saturated rings. The minimum absolute atomic E-state index is 0.0697. The third kappa shape index (κ3) is 2.39. The Balaban J connectivity index is 2.34. The average Bonchev–Trinajstić information content (AvgIpc) is 2.38. The van der Waals surface area contributed by atoms with E-state index < -0.39 is 4.92 Å². The minimum Gasteiger partial charge on any atom is -0.494 e. The van der Waals surface area contributed by atoms with Gasteiger partial charge in [0, 0.05) is 18.7 Å². The van der Waals surface area contributed by atoms with Crippen molar-refractivity contribution in [1.29, 1.82) is 0 Å². The standard InChI is InChI=1S/C13H18N2O3/c1-10-5-3-4-8-14(10)12-7-6-11(15(16)17)9-13(12)18-2/h6-7,9-10H,3-5,8H2,1-2H3/t10-/m0/s1. The third-order valence-electron chi connectivity index (χ3n) is 3.49. The molecule has 0 saturated carbocycles. The molecule has 0 aliphatic carbocycles. The van der Waals surface area contributed by atoms with Crippen molar-refractivity contribution in [3.05, 3.63) is 28.3 Å². The molecule has 5 nitrogen and oxygen atoms in total. The summed E-state index contributed by atoms with van der Waals surface area (Å²) in [5, 5.41) is 10.8. The summed E-state index contributed by atoms with van der Waals surface area (Å²) in [5.74, 6) is 0.581. The SMILES string of the molecule is COc1cc([N+](=O)[O-])ccc1N1CCCC[C@@H]1C. The van der Waals surface area contributed by atoms with Gasteiger partial charge in [-0.3, -0.25) is 10.1 Å². The van der Waals surface area contributed by atoms with Crippen LogP contribution in [0.4, 0.5) is 11.4 Å². The first-order chi connectivity index (χ1) is 8.63. The molecular weight excluding hydrogens is 232 g/mol. The monoisotopic (exact) mass is 250 g/mol. The summed E-state index contributed by atoms with van der Waals surface area (Å²) in [6.45, 7) is 3.16. The van der Waals surface area contributed by atoms with Gasteiger partial charge in [-0.2, -0.15) is 0 Å². The smallest absolute Gasteiger partial charge is 0.273 e. The minimum atomic E-state index is -0.397. The van der Waals surface area contributed by atoms with Crippen molar-refractivity contribution in [2.75, 3.05) is 18.6 Å². The highest BCUT2D eigenvalue weighted by Gasteiger charge is 2.22. The second kappa shape index (κ2) is 5.25. The molecule has 0 amide bonds. The van der Waals surface area contributed by atoms with E-state index >= 15 is 0 Å². The van der Waals surface area contributed by atoms with Crippen LogP contribution in [0.3, 0.4) is 0 Å². The van der Waals surface area contributed by atoms with E-state index in [1.54, 1.807) is 19.2 Å². The highest BCUT2D eigenvalue weighted by Crippen LogP contribution is 2.35. The Kier molecular flexibility index (Phi) is 3.69. The molecule has 0 bridgehead atoms. The van der Waals surface area contributed by atoms with Gasteiger partial charge in [0.15, 0.2) is 0 Å². The number of ether oxygens (including phenoxy) is 1. The summed E-state index contributed by atoms with van der Waals surface area (Å²) in [6.07, 6.45) is 3.55. The van der Waals surface area contributed by atoms with Crippen molar-refractivity contribution in [2.24, 2.45) is 0 Å². The van der Waals surface area contributed by atoms with Crippen molar-refractivity contribution in [3.8, 4) is 5.75 Å². The lowest BCUT2D eigenvalue weighted by molar-refractivity contribution is -0.384. The van der Waals surface area contributed by atoms with E-state index in [2.05, 4.69) is 11.8 Å². The molecule has 1 atom stereocenters. The molecule has 1 saturated heterocycles. The number of non-ortho nitro benzene ring substituents is 1. The Bertz CT molecular complexity index is 448. The summed E-state index contributed by atoms with van der Waals surface area (Å²) in [6, 6.07) is 5.28. The van der Waals surface area contributed by atoms with Crippen LogP contribution in [0.2, 0.25) is 0 Å². The molecule has 1 heterocycles. The maximum absolute atomic E-state index is 10.8. The van der Waals surface area contributed by atoms with Crippen LogP contribution in [0, 0.1) is 10.1 Å². The highest BCUT2D eigenvalue weighted by atomic mass is 16.6. The number of rotatable bonds is 3. The zero-order valence-corrected chi connectivity index (χ0v) is 10.8. The summed E-state index contributed by atoms with van der Waals surface area (Å²) < 4.78 is 5.29. The van der Waals surface area contributed by atoms with E-state index in [0.29, 0.717) is 11.8 Å². The fraction of sp³-hybridized carbons (Fsp3) is 0.538. The molecule has 1 aliphatic rings. The van der Waals surface area contributed by atoms with Crippen molar-refractivity contribution in [1.82, 2.24) is 0 Å². The number of anilines is 1. The summed E-state index contributed by atoms with van der Waals surface area (Å²) >= 11 is 0. The van der Waals surface area contributed by atoms with Crippen LogP contribution in [0.5, 0.6) is 5.75 Å². The molecule has 1 aromatic rings. The van der Waals surface area contributed by atoms with Crippen LogP contribution in [0.1, 0.15) is 26.2 Å². The van der Waals surface area contributed by atoms with Crippen LogP contribution in [-0.4, -0.2) is 24.6 Å². The van der Waals surface area contributed by atoms with E-state index in [1.807, 2.05) is 0 Å². The summed E-state index contributed by atoms with van der Waals surface area (Å²) in [4.78, 5) is 12.6. The number of hydrogen-bond donors (Lipinski definition) is 0. The number of nitrogens with zero attached hydrogens (tertiary/aromatic N) is 2. The van der Waals surface area contributed by atoms with Gasteiger partial charge >= 0.3 is 0 Å². The molecule has 5 heteroatoms. The van der Waals surface area contributed by atoms with Gasteiger partial charge < -0.3 is 9.64 Å². The predicted octanol–water partition coefficient (Wildman–Crippen LogP) is 2.98. The first-order valence-corrected chi connectivity index (χ1v) is 6.22. The van der Waals surface area contributed by atoms with Gasteiger partial charge in [-0.05, 0) is 32.3 Å². The average molecular weight is 250 g/mol. The van der Waals surface area contributed by atoms with Gasteiger partial charge in [0.25, 0.3) is 5.69 Å². The molecule has 0 aromatic heterocycles. The zero-order valence-electron chi connectivity index (χ0n) is 10.8. The van der Waals surface area contributed by atoms with Gasteiger partial charge in [0.2, 0.25) is 0 Å². The number of nitro benzene ring substituents is 1. The molecule has 2 rings (SSSR count). The Labute approximate surface area is 107 Å². The maximum atomic E-state index is 10.8. The summed E-state index contributed by atoms with van der Waals surface area (Å²) in [5.41, 5.74) is 1.02. The van der Waals surface area contributed by atoms with Gasteiger partial charge in [0.05, 0.1) is 23.8 Å². The van der Waals surface area contributed by atoms with E-state index in [-0.39, 0.29) is 5.69 Å². The molecule has 0 N–H and O–H groups in total. The van der Waals surface area contributed by atoms with Crippen molar-refractivity contribution < 1.29 is 9.66 Å². The quantitative estimate of drug-likeness (QED) is 0.611. The van der Waals surface area contributed by atoms with Gasteiger partial charge in [-0.15, -0.1) is 0 Å². The Morgan fingerprint density at radius 2 is 2.22 bits per heavy atom. The van der Waals surface area contributed by atoms with Gasteiger partial charge in [-0.1, -0.05) is 0 Å². The van der Waals surface area contributed by atoms with Gasteiger partial charge in [-0.25, -0.2) is 0 Å². The lowest BCUT2D eigenvalue weighted by atomic mass is 10.0. The molecule has 0 radical (unpaired) electrons. The first-order valence-electron chi connectivity index (χ1n) is 6.22. The van der Waals surface area contributed by atoms with Crippen molar-refractivity contribution in [3.63, 3.8) is 0 Å². The predicted molar refractivity (Wildman–Crippen MR) is 70.3 cm³/mol. The summed E-state index contributed by atoms with van der Waals surface area (Å²) in [7, 11) is 1.55. The highest BCUT2D eigenvalue weighted by molar-refractivity contribution is 5.63. The second-order valence-electron chi connectivity index (χ2n) is 4.65. The van der Waals surface area contributed by atoms with Crippen LogP contribution in [0.15, 0.2) is 18.2 Å². The molecule has 18 heavy (non-hydrogen) atoms. The fourth-order valence-corrected chi connectivity index (χ4v) is 2.47. The van der Waals surface area contributed by atoms with Crippen LogP contribution >= 0.6 is 0 Å². The molecule has 0 unspecified atom stereocenters. The van der Waals surface area contributed by atoms with Crippen LogP contribution in [-0.2, 0) is 0 Å². The number of hydrogen-bond acceptors (Lipinski definition) is 4. The van der Waals surface area contributed by atoms with E-state index in [9.17, 15) is 10.1 Å². The first kappa shape index (κ1) is 12.7. The molecule has 0 spiro atoms. The molecular formula is C13H18N2O3. The Morgan fingerprint density at radius 3 is 2.83 bits per heavy atom. The third-order valence-corrected chi connectivity index (χ3v) is 3.49. The Hall–Kier alpha value is -1.78. The number of nitro groups is 1. The van der Waals surface area contributed by atoms with Crippen molar-refractivity contribution in [2.45, 2.75) is 32.2 Å². The van der Waals surface area contributed by atoms with Crippen molar-refractivity contribution >= 4 is 11.4 Å². The lowest BCUT2D eigenvalue weighted by Gasteiger charge is -2.36. The second-order valence-corrected chi connectivity index (χ2v) is 4.65. The van der Waals surface area contributed by atoms with E-state index in [1.165, 1.54) is 12.5 Å². The number of methoxy groups -OCH3 is 1. The van der Waals surface area contributed by atoms with Crippen LogP contribution < -0.4 is 9.64 Å². The maximum Gasteiger partial charge on any atom is 0.273 e. The molecule has 1 aliphatic heterocycles. The topological polar surface area (TPSA) is 55.6 Å². The normalized spacial score (nSPS) is 19.7. The number of benzene rings is 1. The Morgan fingerprint density at radius 1 is 1.44 bits per heavy atom. The van der Waals surface area contributed by atoms with E-state index in [0.717, 1.165) is 25.1 Å².